The quantitative estimate of drug-likeness (QED) is 0.666. The van der Waals surface area contributed by atoms with Gasteiger partial charge in [0.15, 0.2) is 5.82 Å². The van der Waals surface area contributed by atoms with Crippen molar-refractivity contribution in [1.82, 2.24) is 9.97 Å². The van der Waals surface area contributed by atoms with E-state index in [0.29, 0.717) is 28.0 Å². The fourth-order valence-corrected chi connectivity index (χ4v) is 2.53. The van der Waals surface area contributed by atoms with Crippen LogP contribution in [-0.2, 0) is 0 Å². The highest BCUT2D eigenvalue weighted by Crippen LogP contribution is 2.35. The van der Waals surface area contributed by atoms with Gasteiger partial charge in [-0.05, 0) is 55.3 Å². The molecule has 3 aromatic rings. The number of hydrogen-bond donors (Lipinski definition) is 2. The zero-order chi connectivity index (χ0) is 18.7. The maximum atomic E-state index is 6.19. The van der Waals surface area contributed by atoms with E-state index < -0.39 is 0 Å². The lowest BCUT2D eigenvalue weighted by Gasteiger charge is -2.14. The summed E-state index contributed by atoms with van der Waals surface area (Å²) >= 11 is 6.06. The average Bonchev–Trinajstić information content (AvgIpc) is 2.62. The second-order valence-corrected chi connectivity index (χ2v) is 6.20. The van der Waals surface area contributed by atoms with Crippen LogP contribution in [0.5, 0.6) is 17.4 Å². The largest absolute Gasteiger partial charge is 0.495 e. The first-order valence-corrected chi connectivity index (χ1v) is 8.32. The van der Waals surface area contributed by atoms with Crippen LogP contribution < -0.4 is 20.5 Å². The van der Waals surface area contributed by atoms with E-state index in [4.69, 9.17) is 26.8 Å². The number of nitrogens with zero attached hydrogens (tertiary/aromatic N) is 2. The third-order valence-corrected chi connectivity index (χ3v) is 4.19. The minimum Gasteiger partial charge on any atom is -0.495 e. The normalized spacial score (nSPS) is 10.5. The van der Waals surface area contributed by atoms with Crippen molar-refractivity contribution in [2.75, 3.05) is 18.2 Å². The zero-order valence-corrected chi connectivity index (χ0v) is 15.5. The summed E-state index contributed by atoms with van der Waals surface area (Å²) in [5.74, 6) is 1.94. The number of aryl methyl sites for hydroxylation is 2. The Kier molecular flexibility index (Phi) is 5.14. The van der Waals surface area contributed by atoms with E-state index >= 15 is 0 Å². The molecule has 0 saturated carbocycles. The molecule has 0 unspecified atom stereocenters. The SMILES string of the molecule is COc1ccc(Cl)cc1Nc1ncnc(Oc2ccc(C)c(C)c2)c1N. The Morgan fingerprint density at radius 1 is 1.04 bits per heavy atom. The molecule has 3 rings (SSSR count). The van der Waals surface area contributed by atoms with E-state index in [9.17, 15) is 0 Å². The lowest BCUT2D eigenvalue weighted by molar-refractivity contribution is 0.417. The van der Waals surface area contributed by atoms with Gasteiger partial charge in [0.1, 0.15) is 23.5 Å². The van der Waals surface area contributed by atoms with E-state index in [2.05, 4.69) is 15.3 Å². The van der Waals surface area contributed by atoms with Crippen molar-refractivity contribution in [2.45, 2.75) is 13.8 Å². The van der Waals surface area contributed by atoms with Crippen LogP contribution in [0.1, 0.15) is 11.1 Å². The van der Waals surface area contributed by atoms with E-state index in [1.54, 1.807) is 25.3 Å². The van der Waals surface area contributed by atoms with Gasteiger partial charge in [-0.25, -0.2) is 4.98 Å². The molecule has 7 heteroatoms. The monoisotopic (exact) mass is 370 g/mol. The van der Waals surface area contributed by atoms with Crippen molar-refractivity contribution < 1.29 is 9.47 Å². The van der Waals surface area contributed by atoms with Crippen LogP contribution in [0.3, 0.4) is 0 Å². The standard InChI is InChI=1S/C19H19ClN4O2/c1-11-4-6-14(8-12(11)2)26-19-17(21)18(22-10-23-19)24-15-9-13(20)5-7-16(15)25-3/h4-10H,21H2,1-3H3,(H,22,23,24). The van der Waals surface area contributed by atoms with Gasteiger partial charge in [-0.1, -0.05) is 17.7 Å². The summed E-state index contributed by atoms with van der Waals surface area (Å²) in [5, 5.41) is 3.68. The predicted octanol–water partition coefficient (Wildman–Crippen LogP) is 4.87. The number of halogens is 1. The first-order chi connectivity index (χ1) is 12.5. The van der Waals surface area contributed by atoms with Gasteiger partial charge in [0, 0.05) is 5.02 Å². The molecule has 0 radical (unpaired) electrons. The summed E-state index contributed by atoms with van der Waals surface area (Å²) in [6.45, 7) is 4.06. The Bertz CT molecular complexity index is 947. The molecule has 1 heterocycles. The lowest BCUT2D eigenvalue weighted by atomic mass is 10.1. The number of ether oxygens (including phenoxy) is 2. The van der Waals surface area contributed by atoms with Crippen molar-refractivity contribution in [3.05, 3.63) is 58.9 Å². The fourth-order valence-electron chi connectivity index (χ4n) is 2.35. The Hall–Kier alpha value is -2.99. The summed E-state index contributed by atoms with van der Waals surface area (Å²) in [4.78, 5) is 8.32. The second-order valence-electron chi connectivity index (χ2n) is 5.76. The van der Waals surface area contributed by atoms with E-state index in [0.717, 1.165) is 5.56 Å². The molecule has 0 aliphatic rings. The predicted molar refractivity (Wildman–Crippen MR) is 104 cm³/mol. The fraction of sp³-hybridized carbons (Fsp3) is 0.158. The highest BCUT2D eigenvalue weighted by molar-refractivity contribution is 6.31. The molecule has 0 fully saturated rings. The Labute approximate surface area is 156 Å². The molecule has 0 aliphatic carbocycles. The molecule has 0 bridgehead atoms. The molecule has 0 amide bonds. The highest BCUT2D eigenvalue weighted by Gasteiger charge is 2.13. The first kappa shape index (κ1) is 17.8. The van der Waals surface area contributed by atoms with Gasteiger partial charge in [-0.3, -0.25) is 0 Å². The maximum absolute atomic E-state index is 6.19. The molecule has 26 heavy (non-hydrogen) atoms. The van der Waals surface area contributed by atoms with Crippen molar-refractivity contribution >= 4 is 28.8 Å². The van der Waals surface area contributed by atoms with Gasteiger partial charge < -0.3 is 20.5 Å². The molecule has 0 saturated heterocycles. The van der Waals surface area contributed by atoms with E-state index in [1.165, 1.54) is 11.9 Å². The Morgan fingerprint density at radius 2 is 1.85 bits per heavy atom. The van der Waals surface area contributed by atoms with Crippen molar-refractivity contribution in [1.29, 1.82) is 0 Å². The van der Waals surface area contributed by atoms with Crippen LogP contribution in [-0.4, -0.2) is 17.1 Å². The number of aromatic nitrogens is 2. The van der Waals surface area contributed by atoms with Crippen LogP contribution in [0.4, 0.5) is 17.2 Å². The number of anilines is 3. The minimum absolute atomic E-state index is 0.270. The van der Waals surface area contributed by atoms with Crippen LogP contribution in [0.25, 0.3) is 0 Å². The van der Waals surface area contributed by atoms with Crippen molar-refractivity contribution in [3.8, 4) is 17.4 Å². The van der Waals surface area contributed by atoms with Crippen LogP contribution in [0.15, 0.2) is 42.7 Å². The number of nitrogen functional groups attached to an aromatic ring is 1. The minimum atomic E-state index is 0.270. The van der Waals surface area contributed by atoms with Gasteiger partial charge in [0.05, 0.1) is 12.8 Å². The molecule has 6 nitrogen and oxygen atoms in total. The van der Waals surface area contributed by atoms with Gasteiger partial charge in [-0.2, -0.15) is 4.98 Å². The first-order valence-electron chi connectivity index (χ1n) is 7.94. The number of methoxy groups -OCH3 is 1. The van der Waals surface area contributed by atoms with Crippen molar-refractivity contribution in [3.63, 3.8) is 0 Å². The molecule has 1 aromatic heterocycles. The zero-order valence-electron chi connectivity index (χ0n) is 14.7. The third-order valence-electron chi connectivity index (χ3n) is 3.95. The molecule has 3 N–H and O–H groups in total. The third kappa shape index (κ3) is 3.81. The molecule has 134 valence electrons. The number of rotatable bonds is 5. The van der Waals surface area contributed by atoms with Crippen LogP contribution in [0.2, 0.25) is 5.02 Å². The summed E-state index contributed by atoms with van der Waals surface area (Å²) in [5.41, 5.74) is 9.42. The summed E-state index contributed by atoms with van der Waals surface area (Å²) in [6.07, 6.45) is 1.38. The van der Waals surface area contributed by atoms with E-state index in [-0.39, 0.29) is 11.6 Å². The molecule has 0 aliphatic heterocycles. The van der Waals surface area contributed by atoms with Crippen LogP contribution in [0, 0.1) is 13.8 Å². The number of hydrogen-bond acceptors (Lipinski definition) is 6. The summed E-state index contributed by atoms with van der Waals surface area (Å²) in [6, 6.07) is 11.0. The second kappa shape index (κ2) is 7.49. The van der Waals surface area contributed by atoms with Gasteiger partial charge in [0.25, 0.3) is 0 Å². The topological polar surface area (TPSA) is 82.3 Å². The average molecular weight is 371 g/mol. The van der Waals surface area contributed by atoms with Gasteiger partial charge in [0.2, 0.25) is 5.88 Å². The Balaban J connectivity index is 1.90. The molecular weight excluding hydrogens is 352 g/mol. The highest BCUT2D eigenvalue weighted by atomic mass is 35.5. The van der Waals surface area contributed by atoms with E-state index in [1.807, 2.05) is 32.0 Å². The number of benzene rings is 2. The Morgan fingerprint density at radius 3 is 2.58 bits per heavy atom. The summed E-state index contributed by atoms with van der Waals surface area (Å²) in [7, 11) is 1.58. The maximum Gasteiger partial charge on any atom is 0.248 e. The number of nitrogens with one attached hydrogen (secondary N) is 1. The van der Waals surface area contributed by atoms with Gasteiger partial charge >= 0.3 is 0 Å². The molecule has 0 spiro atoms. The van der Waals surface area contributed by atoms with Crippen molar-refractivity contribution in [2.24, 2.45) is 0 Å². The van der Waals surface area contributed by atoms with Crippen LogP contribution >= 0.6 is 11.6 Å². The summed E-state index contributed by atoms with van der Waals surface area (Å²) < 4.78 is 11.2. The number of nitrogens with two attached hydrogens (primary N) is 1. The lowest BCUT2D eigenvalue weighted by Crippen LogP contribution is -2.04. The smallest absolute Gasteiger partial charge is 0.248 e. The van der Waals surface area contributed by atoms with Gasteiger partial charge in [-0.15, -0.1) is 0 Å². The molecule has 0 atom stereocenters. The molecule has 2 aromatic carbocycles. The molecular formula is C19H19ClN4O2.